The average molecular weight is 270 g/mol. The minimum atomic E-state index is -0.298. The number of aromatic nitrogens is 4. The summed E-state index contributed by atoms with van der Waals surface area (Å²) in [5, 5.41) is 6.68. The lowest BCUT2D eigenvalue weighted by atomic mass is 10.3. The van der Waals surface area contributed by atoms with Crippen molar-refractivity contribution in [3.05, 3.63) is 28.1 Å². The summed E-state index contributed by atoms with van der Waals surface area (Å²) in [6.45, 7) is 1.91. The van der Waals surface area contributed by atoms with E-state index in [1.807, 2.05) is 6.92 Å². The summed E-state index contributed by atoms with van der Waals surface area (Å²) < 4.78 is 3.74. The summed E-state index contributed by atoms with van der Waals surface area (Å²) in [4.78, 5) is 20.1. The maximum Gasteiger partial charge on any atom is 0.270 e. The van der Waals surface area contributed by atoms with Gasteiger partial charge in [-0.3, -0.25) is 9.78 Å². The normalized spacial score (nSPS) is 10.2. The zero-order valence-electron chi connectivity index (χ0n) is 8.85. The van der Waals surface area contributed by atoms with Crippen molar-refractivity contribution < 1.29 is 4.79 Å². The number of rotatable bonds is 3. The molecule has 2 heterocycles. The van der Waals surface area contributed by atoms with Crippen molar-refractivity contribution in [1.82, 2.24) is 19.6 Å². The van der Waals surface area contributed by atoms with Crippen LogP contribution in [0.1, 0.15) is 22.3 Å². The summed E-state index contributed by atoms with van der Waals surface area (Å²) in [7, 11) is 0. The number of anilines is 1. The van der Waals surface area contributed by atoms with Gasteiger partial charge >= 0.3 is 0 Å². The number of hydrogen-bond donors (Lipinski definition) is 1. The lowest BCUT2D eigenvalue weighted by Crippen LogP contribution is -2.13. The Balaban J connectivity index is 2.17. The summed E-state index contributed by atoms with van der Waals surface area (Å²) in [5.41, 5.74) is 0.669. The van der Waals surface area contributed by atoms with Crippen molar-refractivity contribution in [2.45, 2.75) is 13.3 Å². The van der Waals surface area contributed by atoms with Gasteiger partial charge in [-0.2, -0.15) is 0 Å². The topological polar surface area (TPSA) is 80.7 Å². The van der Waals surface area contributed by atoms with Crippen LogP contribution >= 0.6 is 23.1 Å². The maximum atomic E-state index is 11.9. The number of amides is 1. The maximum absolute atomic E-state index is 11.9. The summed E-state index contributed by atoms with van der Waals surface area (Å²) in [5.74, 6) is 0.00590. The summed E-state index contributed by atoms with van der Waals surface area (Å²) in [6, 6.07) is 0. The van der Waals surface area contributed by atoms with Gasteiger partial charge in [0.1, 0.15) is 10.0 Å². The molecule has 0 aliphatic heterocycles. The van der Waals surface area contributed by atoms with E-state index in [9.17, 15) is 4.79 Å². The standard InChI is InChI=1S/C9H8ClN5OS/c1-2-5-8(17-15-14-5)9(16)13-7-4-11-3-6(10)12-7/h3-4H,2H2,1H3,(H,12,13,16). The van der Waals surface area contributed by atoms with Crippen molar-refractivity contribution in [2.75, 3.05) is 5.32 Å². The highest BCUT2D eigenvalue weighted by molar-refractivity contribution is 7.08. The Morgan fingerprint density at radius 2 is 2.35 bits per heavy atom. The molecule has 0 aliphatic carbocycles. The molecule has 0 radical (unpaired) electrons. The number of carbonyl (C=O) groups excluding carboxylic acids is 1. The van der Waals surface area contributed by atoms with E-state index in [-0.39, 0.29) is 11.1 Å². The highest BCUT2D eigenvalue weighted by Gasteiger charge is 2.15. The van der Waals surface area contributed by atoms with Crippen molar-refractivity contribution in [2.24, 2.45) is 0 Å². The van der Waals surface area contributed by atoms with Crippen LogP contribution in [0.4, 0.5) is 5.82 Å². The van der Waals surface area contributed by atoms with Crippen molar-refractivity contribution >= 4 is 34.9 Å². The Labute approximate surface area is 106 Å². The number of nitrogens with one attached hydrogen (secondary N) is 1. The first-order valence-corrected chi connectivity index (χ1v) is 5.96. The minimum Gasteiger partial charge on any atom is -0.304 e. The smallest absolute Gasteiger partial charge is 0.270 e. The van der Waals surface area contributed by atoms with Gasteiger partial charge in [-0.25, -0.2) is 4.98 Å². The number of hydrogen-bond acceptors (Lipinski definition) is 6. The van der Waals surface area contributed by atoms with Crippen LogP contribution in [-0.2, 0) is 6.42 Å². The van der Waals surface area contributed by atoms with Crippen LogP contribution < -0.4 is 5.32 Å². The zero-order chi connectivity index (χ0) is 12.3. The van der Waals surface area contributed by atoms with E-state index in [2.05, 4.69) is 24.9 Å². The molecule has 0 saturated carbocycles. The predicted molar refractivity (Wildman–Crippen MR) is 64.3 cm³/mol. The van der Waals surface area contributed by atoms with Gasteiger partial charge in [-0.1, -0.05) is 23.0 Å². The van der Waals surface area contributed by atoms with Gasteiger partial charge in [-0.05, 0) is 18.0 Å². The molecule has 1 N–H and O–H groups in total. The third-order valence-corrected chi connectivity index (χ3v) is 2.89. The van der Waals surface area contributed by atoms with E-state index >= 15 is 0 Å². The van der Waals surface area contributed by atoms with Crippen LogP contribution in [0.25, 0.3) is 0 Å². The second kappa shape index (κ2) is 5.15. The molecular formula is C9H8ClN5OS. The van der Waals surface area contributed by atoms with E-state index in [1.165, 1.54) is 12.4 Å². The van der Waals surface area contributed by atoms with Gasteiger partial charge in [-0.15, -0.1) is 5.10 Å². The molecule has 6 nitrogen and oxygen atoms in total. The lowest BCUT2D eigenvalue weighted by molar-refractivity contribution is 0.102. The fraction of sp³-hybridized carbons (Fsp3) is 0.222. The van der Waals surface area contributed by atoms with Crippen LogP contribution in [0.5, 0.6) is 0 Å². The van der Waals surface area contributed by atoms with Crippen molar-refractivity contribution in [3.8, 4) is 0 Å². The monoisotopic (exact) mass is 269 g/mol. The molecule has 0 atom stereocenters. The van der Waals surface area contributed by atoms with Gasteiger partial charge in [0.05, 0.1) is 18.1 Å². The molecule has 0 saturated heterocycles. The Hall–Kier alpha value is -1.60. The Morgan fingerprint density at radius 1 is 1.53 bits per heavy atom. The van der Waals surface area contributed by atoms with Crippen LogP contribution in [0.15, 0.2) is 12.4 Å². The molecule has 0 spiro atoms. The zero-order valence-corrected chi connectivity index (χ0v) is 10.4. The molecule has 0 bridgehead atoms. The number of aryl methyl sites for hydroxylation is 1. The minimum absolute atomic E-state index is 0.223. The second-order valence-corrected chi connectivity index (χ2v) is 4.22. The van der Waals surface area contributed by atoms with E-state index in [0.29, 0.717) is 22.8 Å². The van der Waals surface area contributed by atoms with Gasteiger partial charge in [0.15, 0.2) is 5.82 Å². The molecule has 0 fully saturated rings. The molecule has 88 valence electrons. The van der Waals surface area contributed by atoms with Crippen molar-refractivity contribution in [3.63, 3.8) is 0 Å². The first-order valence-electron chi connectivity index (χ1n) is 4.81. The Kier molecular flexibility index (Phi) is 3.60. The molecule has 0 aromatic carbocycles. The van der Waals surface area contributed by atoms with E-state index in [0.717, 1.165) is 11.5 Å². The molecular weight excluding hydrogens is 262 g/mol. The van der Waals surface area contributed by atoms with Crippen LogP contribution in [0, 0.1) is 0 Å². The highest BCUT2D eigenvalue weighted by atomic mass is 35.5. The largest absolute Gasteiger partial charge is 0.304 e. The highest BCUT2D eigenvalue weighted by Crippen LogP contribution is 2.14. The third-order valence-electron chi connectivity index (χ3n) is 1.94. The van der Waals surface area contributed by atoms with Gasteiger partial charge < -0.3 is 5.32 Å². The molecule has 1 amide bonds. The fourth-order valence-corrected chi connectivity index (χ4v) is 1.98. The molecule has 17 heavy (non-hydrogen) atoms. The Morgan fingerprint density at radius 3 is 3.06 bits per heavy atom. The van der Waals surface area contributed by atoms with E-state index in [1.54, 1.807) is 0 Å². The van der Waals surface area contributed by atoms with E-state index < -0.39 is 0 Å². The molecule has 0 aliphatic rings. The van der Waals surface area contributed by atoms with E-state index in [4.69, 9.17) is 11.6 Å². The lowest BCUT2D eigenvalue weighted by Gasteiger charge is -2.02. The van der Waals surface area contributed by atoms with Gasteiger partial charge in [0.25, 0.3) is 5.91 Å². The first-order chi connectivity index (χ1) is 8.20. The molecule has 2 rings (SSSR count). The Bertz CT molecular complexity index is 544. The number of carbonyl (C=O) groups is 1. The third kappa shape index (κ3) is 2.75. The van der Waals surface area contributed by atoms with Crippen LogP contribution in [-0.4, -0.2) is 25.5 Å². The SMILES string of the molecule is CCc1nnsc1C(=O)Nc1cncc(Cl)n1. The predicted octanol–water partition coefficient (Wildman–Crippen LogP) is 1.80. The second-order valence-electron chi connectivity index (χ2n) is 3.08. The summed E-state index contributed by atoms with van der Waals surface area (Å²) in [6.07, 6.45) is 3.47. The molecule has 2 aromatic rings. The number of nitrogens with zero attached hydrogens (tertiary/aromatic N) is 4. The van der Waals surface area contributed by atoms with Crippen LogP contribution in [0.2, 0.25) is 5.15 Å². The quantitative estimate of drug-likeness (QED) is 0.919. The molecule has 0 unspecified atom stereocenters. The number of halogens is 1. The first kappa shape index (κ1) is 11.9. The van der Waals surface area contributed by atoms with Gasteiger partial charge in [0.2, 0.25) is 0 Å². The average Bonchev–Trinajstić information content (AvgIpc) is 2.77. The van der Waals surface area contributed by atoms with Gasteiger partial charge in [0, 0.05) is 0 Å². The van der Waals surface area contributed by atoms with Crippen molar-refractivity contribution in [1.29, 1.82) is 0 Å². The molecule has 2 aromatic heterocycles. The molecule has 8 heteroatoms. The summed E-state index contributed by atoms with van der Waals surface area (Å²) >= 11 is 6.72. The van der Waals surface area contributed by atoms with Crippen LogP contribution in [0.3, 0.4) is 0 Å². The fourth-order valence-electron chi connectivity index (χ4n) is 1.19.